The maximum absolute atomic E-state index is 13.0. The Labute approximate surface area is 160 Å². The average molecular weight is 399 g/mol. The van der Waals surface area contributed by atoms with Crippen LogP contribution in [0, 0.1) is 6.92 Å². The quantitative estimate of drug-likeness (QED) is 0.539. The van der Waals surface area contributed by atoms with Crippen LogP contribution in [-0.2, 0) is 10.0 Å². The molecule has 4 aromatic rings. The van der Waals surface area contributed by atoms with Crippen molar-refractivity contribution in [3.05, 3.63) is 53.7 Å². The maximum atomic E-state index is 13.0. The second kappa shape index (κ2) is 6.79. The third kappa shape index (κ3) is 3.33. The van der Waals surface area contributed by atoms with Crippen molar-refractivity contribution in [1.29, 1.82) is 0 Å². The van der Waals surface area contributed by atoms with Gasteiger partial charge in [0.1, 0.15) is 11.3 Å². The monoisotopic (exact) mass is 399 g/mol. The fourth-order valence-electron chi connectivity index (χ4n) is 2.94. The van der Waals surface area contributed by atoms with E-state index in [0.717, 1.165) is 15.2 Å². The van der Waals surface area contributed by atoms with Gasteiger partial charge in [-0.1, -0.05) is 0 Å². The number of hydrogen-bond acceptors (Lipinski definition) is 6. The summed E-state index contributed by atoms with van der Waals surface area (Å²) < 4.78 is 35.3. The van der Waals surface area contributed by atoms with Crippen molar-refractivity contribution in [2.75, 3.05) is 11.3 Å². The Balaban J connectivity index is 1.78. The molecule has 0 radical (unpaired) electrons. The van der Waals surface area contributed by atoms with E-state index in [-0.39, 0.29) is 4.90 Å². The number of nitrogens with zero attached hydrogens (tertiary/aromatic N) is 2. The number of sulfonamides is 1. The number of anilines is 1. The molecule has 0 atom stereocenters. The first-order valence-corrected chi connectivity index (χ1v) is 10.7. The van der Waals surface area contributed by atoms with Crippen molar-refractivity contribution >= 4 is 48.2 Å². The Hall–Kier alpha value is -2.71. The molecule has 138 valence electrons. The van der Waals surface area contributed by atoms with Crippen LogP contribution < -0.4 is 9.46 Å². The highest BCUT2D eigenvalue weighted by molar-refractivity contribution is 7.93. The van der Waals surface area contributed by atoms with Crippen LogP contribution in [0.1, 0.15) is 11.9 Å². The van der Waals surface area contributed by atoms with Crippen LogP contribution in [0.15, 0.2) is 53.6 Å². The van der Waals surface area contributed by atoms with Gasteiger partial charge in [-0.25, -0.2) is 13.4 Å². The van der Waals surface area contributed by atoms with E-state index >= 15 is 0 Å². The number of hydrogen-bond donors (Lipinski definition) is 1. The molecule has 2 aromatic heterocycles. The summed E-state index contributed by atoms with van der Waals surface area (Å²) in [6, 6.07) is 12.0. The Morgan fingerprint density at radius 2 is 2.04 bits per heavy atom. The molecular weight excluding hydrogens is 382 g/mol. The number of fused-ring (bicyclic) bond motifs is 2. The highest BCUT2D eigenvalue weighted by Gasteiger charge is 2.20. The molecule has 0 aliphatic carbocycles. The zero-order valence-corrected chi connectivity index (χ0v) is 16.4. The van der Waals surface area contributed by atoms with Crippen LogP contribution in [0.5, 0.6) is 5.75 Å². The molecule has 2 aromatic carbocycles. The molecule has 1 N–H and O–H groups in total. The van der Waals surface area contributed by atoms with Gasteiger partial charge in [-0.3, -0.25) is 9.71 Å². The summed E-state index contributed by atoms with van der Waals surface area (Å²) in [4.78, 5) is 8.87. The molecule has 0 spiro atoms. The molecule has 6 nitrogen and oxygen atoms in total. The molecule has 0 fully saturated rings. The van der Waals surface area contributed by atoms with Crippen LogP contribution in [-0.4, -0.2) is 25.0 Å². The number of nitrogens with one attached hydrogen (secondary N) is 1. The molecule has 8 heteroatoms. The van der Waals surface area contributed by atoms with Gasteiger partial charge < -0.3 is 4.74 Å². The highest BCUT2D eigenvalue weighted by atomic mass is 32.2. The van der Waals surface area contributed by atoms with Gasteiger partial charge in [0.15, 0.2) is 0 Å². The van der Waals surface area contributed by atoms with Gasteiger partial charge >= 0.3 is 0 Å². The molecular formula is C19H17N3O3S2. The lowest BCUT2D eigenvalue weighted by atomic mass is 10.2. The van der Waals surface area contributed by atoms with E-state index in [1.54, 1.807) is 53.9 Å². The van der Waals surface area contributed by atoms with Gasteiger partial charge in [0.05, 0.1) is 32.4 Å². The van der Waals surface area contributed by atoms with Gasteiger partial charge in [-0.05, 0) is 56.3 Å². The second-order valence-electron chi connectivity index (χ2n) is 5.92. The number of pyridine rings is 1. The van der Waals surface area contributed by atoms with Crippen molar-refractivity contribution in [1.82, 2.24) is 9.97 Å². The Kier molecular flexibility index (Phi) is 4.45. The molecule has 0 unspecified atom stereocenters. The van der Waals surface area contributed by atoms with Crippen LogP contribution in [0.25, 0.3) is 21.1 Å². The van der Waals surface area contributed by atoms with Gasteiger partial charge in [0.25, 0.3) is 10.0 Å². The summed E-state index contributed by atoms with van der Waals surface area (Å²) in [5, 5.41) is 1.45. The lowest BCUT2D eigenvalue weighted by Crippen LogP contribution is -2.13. The van der Waals surface area contributed by atoms with Crippen LogP contribution in [0.4, 0.5) is 5.69 Å². The lowest BCUT2D eigenvalue weighted by Gasteiger charge is -2.13. The first-order chi connectivity index (χ1) is 13.0. The molecule has 0 aliphatic heterocycles. The average Bonchev–Trinajstić information content (AvgIpc) is 3.01. The fraction of sp³-hybridized carbons (Fsp3) is 0.158. The molecule has 27 heavy (non-hydrogen) atoms. The number of rotatable bonds is 5. The van der Waals surface area contributed by atoms with E-state index in [1.807, 2.05) is 19.9 Å². The summed E-state index contributed by atoms with van der Waals surface area (Å²) in [7, 11) is -3.80. The zero-order chi connectivity index (χ0) is 19.0. The number of aryl methyl sites for hydroxylation is 1. The van der Waals surface area contributed by atoms with Crippen molar-refractivity contribution in [2.45, 2.75) is 18.7 Å². The third-order valence-corrected chi connectivity index (χ3v) is 6.42. The largest absolute Gasteiger partial charge is 0.492 e. The standard InChI is InChI=1S/C19H17N3O3S2/c1-3-25-16-7-9-18(14-5-4-10-20-19(14)16)27(23,24)22-13-6-8-17-15(11-13)21-12(2)26-17/h4-11,22H,3H2,1-2H3. The van der Waals surface area contributed by atoms with Crippen molar-refractivity contribution in [3.8, 4) is 5.75 Å². The third-order valence-electron chi connectivity index (χ3n) is 4.03. The number of thiazole rings is 1. The summed E-state index contributed by atoms with van der Waals surface area (Å²) in [5.41, 5.74) is 1.77. The smallest absolute Gasteiger partial charge is 0.262 e. The normalized spacial score (nSPS) is 11.8. The first-order valence-electron chi connectivity index (χ1n) is 8.38. The minimum atomic E-state index is -3.80. The molecule has 0 amide bonds. The van der Waals surface area contributed by atoms with Crippen molar-refractivity contribution in [2.24, 2.45) is 0 Å². The van der Waals surface area contributed by atoms with Crippen molar-refractivity contribution < 1.29 is 13.2 Å². The summed E-state index contributed by atoms with van der Waals surface area (Å²) in [6.45, 7) is 4.27. The molecule has 0 bridgehead atoms. The first kappa shape index (κ1) is 17.7. The predicted molar refractivity (Wildman–Crippen MR) is 108 cm³/mol. The number of benzene rings is 2. The minimum Gasteiger partial charge on any atom is -0.492 e. The van der Waals surface area contributed by atoms with Crippen LogP contribution in [0.3, 0.4) is 0 Å². The van der Waals surface area contributed by atoms with Crippen LogP contribution >= 0.6 is 11.3 Å². The molecule has 2 heterocycles. The topological polar surface area (TPSA) is 81.2 Å². The second-order valence-corrected chi connectivity index (χ2v) is 8.80. The molecule has 0 saturated heterocycles. The van der Waals surface area contributed by atoms with E-state index in [9.17, 15) is 8.42 Å². The Bertz CT molecular complexity index is 1250. The van der Waals surface area contributed by atoms with Crippen LogP contribution in [0.2, 0.25) is 0 Å². The van der Waals surface area contributed by atoms with E-state index in [0.29, 0.717) is 28.9 Å². The van der Waals surface area contributed by atoms with Gasteiger partial charge in [0, 0.05) is 11.6 Å². The molecule has 0 saturated carbocycles. The number of ether oxygens (including phenoxy) is 1. The van der Waals surface area contributed by atoms with E-state index in [4.69, 9.17) is 4.74 Å². The maximum Gasteiger partial charge on any atom is 0.262 e. The molecule has 4 rings (SSSR count). The zero-order valence-electron chi connectivity index (χ0n) is 14.8. The lowest BCUT2D eigenvalue weighted by molar-refractivity contribution is 0.343. The van der Waals surface area contributed by atoms with Gasteiger partial charge in [-0.2, -0.15) is 0 Å². The van der Waals surface area contributed by atoms with Gasteiger partial charge in [0.2, 0.25) is 0 Å². The van der Waals surface area contributed by atoms with E-state index in [1.165, 1.54) is 0 Å². The number of aromatic nitrogens is 2. The Morgan fingerprint density at radius 1 is 1.19 bits per heavy atom. The molecule has 0 aliphatic rings. The van der Waals surface area contributed by atoms with Gasteiger partial charge in [-0.15, -0.1) is 11.3 Å². The van der Waals surface area contributed by atoms with E-state index < -0.39 is 10.0 Å². The fourth-order valence-corrected chi connectivity index (χ4v) is 5.00. The van der Waals surface area contributed by atoms with Crippen molar-refractivity contribution in [3.63, 3.8) is 0 Å². The SMILES string of the molecule is CCOc1ccc(S(=O)(=O)Nc2ccc3sc(C)nc3c2)c2cccnc12. The minimum absolute atomic E-state index is 0.156. The summed E-state index contributed by atoms with van der Waals surface area (Å²) in [5.74, 6) is 0.561. The Morgan fingerprint density at radius 3 is 2.85 bits per heavy atom. The highest BCUT2D eigenvalue weighted by Crippen LogP contribution is 2.31. The predicted octanol–water partition coefficient (Wildman–Crippen LogP) is 4.35. The summed E-state index contributed by atoms with van der Waals surface area (Å²) >= 11 is 1.57. The summed E-state index contributed by atoms with van der Waals surface area (Å²) in [6.07, 6.45) is 1.62. The van der Waals surface area contributed by atoms with E-state index in [2.05, 4.69) is 14.7 Å².